The Morgan fingerprint density at radius 1 is 0.828 bits per heavy atom. The van der Waals surface area contributed by atoms with Gasteiger partial charge in [-0.3, -0.25) is 4.79 Å². The number of carbonyl (C=O) groups is 1. The molecule has 1 aliphatic heterocycles. The predicted octanol–water partition coefficient (Wildman–Crippen LogP) is 4.51. The molecule has 3 aromatic carbocycles. The third-order valence-electron chi connectivity index (χ3n) is 5.06. The van der Waals surface area contributed by atoms with E-state index in [2.05, 4.69) is 4.90 Å². The first-order chi connectivity index (χ1) is 14.2. The molecule has 0 N–H and O–H groups in total. The van der Waals surface area contributed by atoms with Crippen LogP contribution in [-0.2, 0) is 11.2 Å². The Bertz CT molecular complexity index is 952. The molecule has 4 nitrogen and oxygen atoms in total. The molecule has 1 saturated heterocycles. The van der Waals surface area contributed by atoms with Gasteiger partial charge in [-0.2, -0.15) is 0 Å². The fraction of sp³-hybridized carbons (Fsp3) is 0.208. The number of piperazine rings is 1. The van der Waals surface area contributed by atoms with Gasteiger partial charge < -0.3 is 14.5 Å². The molecule has 5 heteroatoms. The summed E-state index contributed by atoms with van der Waals surface area (Å²) >= 11 is 0. The van der Waals surface area contributed by atoms with Crippen LogP contribution in [0.4, 0.5) is 10.1 Å². The Kier molecular flexibility index (Phi) is 5.75. The van der Waals surface area contributed by atoms with Gasteiger partial charge in [-0.15, -0.1) is 0 Å². The zero-order chi connectivity index (χ0) is 20.1. The number of anilines is 1. The van der Waals surface area contributed by atoms with Crippen molar-refractivity contribution in [3.63, 3.8) is 0 Å². The van der Waals surface area contributed by atoms with Crippen molar-refractivity contribution in [2.24, 2.45) is 0 Å². The molecular weight excluding hydrogens is 367 g/mol. The Balaban J connectivity index is 1.30. The standard InChI is InChI=1S/C24H23FN2O2/c25-20-6-4-5-19(17-20)18-24(28)27-15-13-26(14-16-27)21-9-11-23(12-10-21)29-22-7-2-1-3-8-22/h1-12,17H,13-16,18H2. The van der Waals surface area contributed by atoms with E-state index in [1.165, 1.54) is 12.1 Å². The van der Waals surface area contributed by atoms with E-state index in [-0.39, 0.29) is 18.1 Å². The molecule has 148 valence electrons. The summed E-state index contributed by atoms with van der Waals surface area (Å²) in [7, 11) is 0. The van der Waals surface area contributed by atoms with E-state index < -0.39 is 0 Å². The van der Waals surface area contributed by atoms with Crippen LogP contribution in [0.15, 0.2) is 78.9 Å². The molecule has 0 aromatic heterocycles. The minimum Gasteiger partial charge on any atom is -0.457 e. The summed E-state index contributed by atoms with van der Waals surface area (Å²) in [4.78, 5) is 16.6. The van der Waals surface area contributed by atoms with Crippen LogP contribution in [0.3, 0.4) is 0 Å². The zero-order valence-corrected chi connectivity index (χ0v) is 16.1. The minimum atomic E-state index is -0.306. The summed E-state index contributed by atoms with van der Waals surface area (Å²) < 4.78 is 19.1. The molecule has 0 bridgehead atoms. The summed E-state index contributed by atoms with van der Waals surface area (Å²) in [6, 6.07) is 23.9. The van der Waals surface area contributed by atoms with Crippen LogP contribution in [0.25, 0.3) is 0 Å². The number of amides is 1. The van der Waals surface area contributed by atoms with E-state index in [0.29, 0.717) is 18.7 Å². The Labute approximate surface area is 170 Å². The number of hydrogen-bond donors (Lipinski definition) is 0. The van der Waals surface area contributed by atoms with Gasteiger partial charge in [-0.1, -0.05) is 30.3 Å². The maximum atomic E-state index is 13.3. The van der Waals surface area contributed by atoms with Gasteiger partial charge >= 0.3 is 0 Å². The van der Waals surface area contributed by atoms with E-state index in [1.807, 2.05) is 59.5 Å². The van der Waals surface area contributed by atoms with Crippen molar-refractivity contribution >= 4 is 11.6 Å². The van der Waals surface area contributed by atoms with Gasteiger partial charge in [-0.25, -0.2) is 4.39 Å². The first-order valence-electron chi connectivity index (χ1n) is 9.77. The van der Waals surface area contributed by atoms with Crippen molar-refractivity contribution in [3.8, 4) is 11.5 Å². The van der Waals surface area contributed by atoms with Crippen LogP contribution in [0.2, 0.25) is 0 Å². The van der Waals surface area contributed by atoms with Gasteiger partial charge in [-0.05, 0) is 54.1 Å². The summed E-state index contributed by atoms with van der Waals surface area (Å²) in [5.74, 6) is 1.34. The number of hydrogen-bond acceptors (Lipinski definition) is 3. The van der Waals surface area contributed by atoms with Crippen molar-refractivity contribution in [1.82, 2.24) is 4.90 Å². The summed E-state index contributed by atoms with van der Waals surface area (Å²) in [5, 5.41) is 0. The Morgan fingerprint density at radius 2 is 1.52 bits per heavy atom. The minimum absolute atomic E-state index is 0.0434. The normalized spacial score (nSPS) is 14.0. The van der Waals surface area contributed by atoms with Gasteiger partial charge in [0.25, 0.3) is 0 Å². The number of benzene rings is 3. The molecule has 4 rings (SSSR count). The first kappa shape index (κ1) is 19.0. The van der Waals surface area contributed by atoms with Gasteiger partial charge in [0.05, 0.1) is 6.42 Å². The molecular formula is C24H23FN2O2. The summed E-state index contributed by atoms with van der Waals surface area (Å²) in [5.41, 5.74) is 1.83. The van der Waals surface area contributed by atoms with Crippen molar-refractivity contribution < 1.29 is 13.9 Å². The highest BCUT2D eigenvalue weighted by Gasteiger charge is 2.21. The summed E-state index contributed by atoms with van der Waals surface area (Å²) in [6.45, 7) is 2.87. The third-order valence-corrected chi connectivity index (χ3v) is 5.06. The van der Waals surface area contributed by atoms with E-state index in [4.69, 9.17) is 4.74 Å². The largest absolute Gasteiger partial charge is 0.457 e. The van der Waals surface area contributed by atoms with E-state index in [1.54, 1.807) is 12.1 Å². The Hall–Kier alpha value is -3.34. The number of rotatable bonds is 5. The number of para-hydroxylation sites is 1. The smallest absolute Gasteiger partial charge is 0.227 e. The molecule has 0 unspecified atom stereocenters. The van der Waals surface area contributed by atoms with Crippen molar-refractivity contribution in [3.05, 3.63) is 90.2 Å². The highest BCUT2D eigenvalue weighted by molar-refractivity contribution is 5.79. The van der Waals surface area contributed by atoms with Crippen LogP contribution in [0.1, 0.15) is 5.56 Å². The Morgan fingerprint density at radius 3 is 2.21 bits per heavy atom. The molecule has 0 aliphatic carbocycles. The second-order valence-corrected chi connectivity index (χ2v) is 7.08. The summed E-state index contributed by atoms with van der Waals surface area (Å²) in [6.07, 6.45) is 0.239. The van der Waals surface area contributed by atoms with Gasteiger partial charge in [0.15, 0.2) is 0 Å². The lowest BCUT2D eigenvalue weighted by atomic mass is 10.1. The maximum Gasteiger partial charge on any atom is 0.227 e. The van der Waals surface area contributed by atoms with Crippen molar-refractivity contribution in [1.29, 1.82) is 0 Å². The lowest BCUT2D eigenvalue weighted by Gasteiger charge is -2.36. The monoisotopic (exact) mass is 390 g/mol. The lowest BCUT2D eigenvalue weighted by Crippen LogP contribution is -2.49. The van der Waals surface area contributed by atoms with E-state index >= 15 is 0 Å². The number of ether oxygens (including phenoxy) is 1. The van der Waals surface area contributed by atoms with E-state index in [9.17, 15) is 9.18 Å². The highest BCUT2D eigenvalue weighted by atomic mass is 19.1. The van der Waals surface area contributed by atoms with Gasteiger partial charge in [0.2, 0.25) is 5.91 Å². The lowest BCUT2D eigenvalue weighted by molar-refractivity contribution is -0.130. The highest BCUT2D eigenvalue weighted by Crippen LogP contribution is 2.25. The number of carbonyl (C=O) groups excluding carboxylic acids is 1. The quantitative estimate of drug-likeness (QED) is 0.643. The molecule has 1 aliphatic rings. The fourth-order valence-corrected chi connectivity index (χ4v) is 3.50. The zero-order valence-electron chi connectivity index (χ0n) is 16.1. The SMILES string of the molecule is O=C(Cc1cccc(F)c1)N1CCN(c2ccc(Oc3ccccc3)cc2)CC1. The van der Waals surface area contributed by atoms with Crippen LogP contribution in [-0.4, -0.2) is 37.0 Å². The maximum absolute atomic E-state index is 13.3. The number of halogens is 1. The topological polar surface area (TPSA) is 32.8 Å². The first-order valence-corrected chi connectivity index (χ1v) is 9.77. The predicted molar refractivity (Wildman–Crippen MR) is 112 cm³/mol. The van der Waals surface area contributed by atoms with Crippen LogP contribution in [0, 0.1) is 5.82 Å². The molecule has 0 atom stereocenters. The van der Waals surface area contributed by atoms with Crippen molar-refractivity contribution in [2.75, 3.05) is 31.1 Å². The number of nitrogens with zero attached hydrogens (tertiary/aromatic N) is 2. The van der Waals surface area contributed by atoms with Crippen LogP contribution in [0.5, 0.6) is 11.5 Å². The molecule has 1 heterocycles. The molecule has 3 aromatic rings. The van der Waals surface area contributed by atoms with Gasteiger partial charge in [0, 0.05) is 31.9 Å². The van der Waals surface area contributed by atoms with E-state index in [0.717, 1.165) is 30.3 Å². The molecule has 1 amide bonds. The van der Waals surface area contributed by atoms with Crippen LogP contribution < -0.4 is 9.64 Å². The van der Waals surface area contributed by atoms with Crippen LogP contribution >= 0.6 is 0 Å². The third kappa shape index (κ3) is 4.93. The average Bonchev–Trinajstić information content (AvgIpc) is 2.75. The van der Waals surface area contributed by atoms with Gasteiger partial charge in [0.1, 0.15) is 17.3 Å². The molecule has 0 spiro atoms. The second kappa shape index (κ2) is 8.78. The molecule has 0 saturated carbocycles. The molecule has 0 radical (unpaired) electrons. The second-order valence-electron chi connectivity index (χ2n) is 7.08. The van der Waals surface area contributed by atoms with Crippen molar-refractivity contribution in [2.45, 2.75) is 6.42 Å². The molecule has 29 heavy (non-hydrogen) atoms. The average molecular weight is 390 g/mol. The molecule has 1 fully saturated rings. The fourth-order valence-electron chi connectivity index (χ4n) is 3.50.